The van der Waals surface area contributed by atoms with Gasteiger partial charge in [-0.3, -0.25) is 52.7 Å². The molecule has 1 fully saturated rings. The number of halogens is 2. The van der Waals surface area contributed by atoms with Crippen LogP contribution < -0.4 is 32.3 Å². The Morgan fingerprint density at radius 2 is 1.42 bits per heavy atom. The molecule has 28 heteroatoms. The number of aliphatic carboxylic acids is 2. The molecule has 26 nitrogen and oxygen atoms in total. The molecule has 462 valence electrons. The summed E-state index contributed by atoms with van der Waals surface area (Å²) in [5.74, 6) is -14.8. The first kappa shape index (κ1) is 68.5. The van der Waals surface area contributed by atoms with Gasteiger partial charge in [0.2, 0.25) is 47.3 Å². The summed E-state index contributed by atoms with van der Waals surface area (Å²) in [6.45, 7) is 5.86. The minimum Gasteiger partial charge on any atom is -0.481 e. The van der Waals surface area contributed by atoms with E-state index in [4.69, 9.17) is 15.7 Å². The molecule has 1 heterocycles. The van der Waals surface area contributed by atoms with E-state index in [1.54, 1.807) is 32.9 Å². The highest BCUT2D eigenvalue weighted by Gasteiger charge is 2.42. The van der Waals surface area contributed by atoms with E-state index in [0.29, 0.717) is 22.6 Å². The van der Waals surface area contributed by atoms with Crippen LogP contribution in [0.1, 0.15) is 110 Å². The van der Waals surface area contributed by atoms with E-state index in [-0.39, 0.29) is 37.7 Å². The van der Waals surface area contributed by atoms with Crippen LogP contribution in [0.4, 0.5) is 8.78 Å². The van der Waals surface area contributed by atoms with E-state index in [1.165, 1.54) is 25.8 Å². The first-order chi connectivity index (χ1) is 39.9. The van der Waals surface area contributed by atoms with Crippen molar-refractivity contribution >= 4 is 82.6 Å². The average Bonchev–Trinajstić information content (AvgIpc) is 2.39. The molecule has 2 aromatic rings. The Kier molecular flexibility index (Phi) is 25.5. The molecule has 0 aromatic heterocycles. The first-order valence-electron chi connectivity index (χ1n) is 27.3. The van der Waals surface area contributed by atoms with Crippen molar-refractivity contribution in [3.8, 4) is 0 Å². The van der Waals surface area contributed by atoms with Crippen molar-refractivity contribution in [3.05, 3.63) is 89.0 Å². The fourth-order valence-corrected chi connectivity index (χ4v) is 9.47. The number of aliphatic hydroxyl groups is 1. The monoisotopic (exact) mass is 1190 g/mol. The van der Waals surface area contributed by atoms with Crippen LogP contribution in [0.2, 0.25) is 0 Å². The molecule has 1 unspecified atom stereocenters. The molecule has 10 amide bonds. The topological polar surface area (TPSA) is 388 Å². The van der Waals surface area contributed by atoms with Gasteiger partial charge in [0.1, 0.15) is 48.5 Å². The van der Waals surface area contributed by atoms with Crippen LogP contribution in [0.5, 0.6) is 0 Å². The van der Waals surface area contributed by atoms with Crippen molar-refractivity contribution in [1.29, 1.82) is 0 Å². The third-order valence-corrected chi connectivity index (χ3v) is 13.9. The molecule has 10 N–H and O–H groups in total. The molecule has 4 rings (SSSR count). The lowest BCUT2D eigenvalue weighted by molar-refractivity contribution is -0.197. The summed E-state index contributed by atoms with van der Waals surface area (Å²) in [5.41, 5.74) is 6.19. The Morgan fingerprint density at radius 1 is 0.788 bits per heavy atom. The molecule has 1 saturated heterocycles. The molecule has 2 aromatic carbocycles. The third-order valence-electron chi connectivity index (χ3n) is 13.9. The Morgan fingerprint density at radius 3 is 2.02 bits per heavy atom. The lowest BCUT2D eigenvalue weighted by atomic mass is 9.76. The Balaban J connectivity index is 1.60. The van der Waals surface area contributed by atoms with E-state index in [1.807, 2.05) is 30.3 Å². The molecule has 1 aliphatic heterocycles. The normalized spacial score (nSPS) is 16.0. The van der Waals surface area contributed by atoms with Crippen molar-refractivity contribution in [3.63, 3.8) is 0 Å². The first-order valence-corrected chi connectivity index (χ1v) is 27.3. The molecular weight excluding hydrogens is 1120 g/mol. The number of hydrogen-bond acceptors (Lipinski definition) is 15. The zero-order valence-electron chi connectivity index (χ0n) is 47.9. The molecule has 0 radical (unpaired) electrons. The molecule has 0 spiro atoms. The largest absolute Gasteiger partial charge is 0.481 e. The van der Waals surface area contributed by atoms with Crippen molar-refractivity contribution in [2.24, 2.45) is 17.1 Å². The van der Waals surface area contributed by atoms with Gasteiger partial charge in [0.25, 0.3) is 11.8 Å². The van der Waals surface area contributed by atoms with Gasteiger partial charge >= 0.3 is 17.9 Å². The van der Waals surface area contributed by atoms with Gasteiger partial charge in [0.15, 0.2) is 0 Å². The third kappa shape index (κ3) is 20.7. The van der Waals surface area contributed by atoms with Gasteiger partial charge in [-0.15, -0.1) is 5.06 Å². The highest BCUT2D eigenvalue weighted by molar-refractivity contribution is 6.02. The van der Waals surface area contributed by atoms with Crippen molar-refractivity contribution in [2.45, 2.75) is 141 Å². The number of nitrogens with zero attached hydrogens (tertiary/aromatic N) is 3. The second kappa shape index (κ2) is 31.6. The molecule has 0 bridgehead atoms. The second-order valence-electron chi connectivity index (χ2n) is 21.5. The number of hydrogen-bond donors (Lipinski definition) is 9. The maximum absolute atomic E-state index is 15.4. The lowest BCUT2D eigenvalue weighted by Gasteiger charge is -2.43. The van der Waals surface area contributed by atoms with Crippen LogP contribution in [0.3, 0.4) is 0 Å². The Hall–Kier alpha value is -8.95. The fraction of sp³-hybridized carbons (Fsp3) is 0.491. The number of hydroxylamine groups is 2. The second-order valence-corrected chi connectivity index (χ2v) is 21.5. The summed E-state index contributed by atoms with van der Waals surface area (Å²) in [7, 11) is 1.19. The van der Waals surface area contributed by atoms with Crippen molar-refractivity contribution in [1.82, 2.24) is 41.4 Å². The van der Waals surface area contributed by atoms with Gasteiger partial charge in [-0.1, -0.05) is 63.3 Å². The van der Waals surface area contributed by atoms with E-state index in [9.17, 15) is 76.9 Å². The number of primary amides is 1. The van der Waals surface area contributed by atoms with Crippen LogP contribution in [-0.4, -0.2) is 170 Å². The van der Waals surface area contributed by atoms with Gasteiger partial charge < -0.3 is 62.3 Å². The van der Waals surface area contributed by atoms with Crippen LogP contribution in [0.25, 0.3) is 5.57 Å². The quantitative estimate of drug-likeness (QED) is 0.0455. The van der Waals surface area contributed by atoms with Crippen LogP contribution >= 0.6 is 0 Å². The van der Waals surface area contributed by atoms with Gasteiger partial charge in [-0.2, -0.15) is 0 Å². The number of carboxylic acids is 2. The van der Waals surface area contributed by atoms with Crippen molar-refractivity contribution in [2.75, 3.05) is 26.7 Å². The minimum absolute atomic E-state index is 0.0674. The van der Waals surface area contributed by atoms with Crippen LogP contribution in [-0.2, 0) is 73.6 Å². The number of carbonyl (C=O) groups excluding carboxylic acids is 11. The SMILES string of the molecule is C[C@H](NC(=O)CCCC(=O)ON1C(=O)CCC1=O)C(=O)N(C)[C@@H](C)C(=O)N[C@@H](CC(N)=O)C(=O)N[C@@H](CCN(C(=O)CO)[C@@H](C1=CC(c2cc(F)ccc2F)=CC1Cc1ccccc1)C(C)(C)C)C(=O)NCCC(=O)N[C@H](CCC(=O)O)C(=O)O. The number of amides is 10. The average molecular weight is 1190 g/mol. The lowest BCUT2D eigenvalue weighted by Crippen LogP contribution is -2.59. The van der Waals surface area contributed by atoms with Gasteiger partial charge in [-0.05, 0) is 79.9 Å². The maximum Gasteiger partial charge on any atom is 0.333 e. The van der Waals surface area contributed by atoms with Gasteiger partial charge in [0.05, 0.1) is 12.5 Å². The molecule has 2 aliphatic rings. The summed E-state index contributed by atoms with van der Waals surface area (Å²) >= 11 is 0. The summed E-state index contributed by atoms with van der Waals surface area (Å²) in [5, 5.41) is 41.3. The standard InChI is InChI=1S/C57H73F2N9O17/c1-31(62-44(71)13-10-14-50(78)85-68-46(73)18-19-47(68)74)55(82)66(6)32(2)52(79)65-42(29-43(60)70)54(81)64-40(53(80)61-23-21-45(72)63-41(56(83)84)17-20-49(76)77)22-24-67(48(75)30-69)51(57(3,4)5)38-27-35(37-28-36(58)15-16-39(37)59)26-34(38)25-33-11-8-7-9-12-33/h7-9,11-12,15-16,26-28,31-32,34,40-42,51,69H,10,13-14,17-25,29-30H2,1-6H3,(H2,60,70)(H,61,80)(H,62,71)(H,63,72)(H,64,81)(H,65,79)(H,76,77)(H,83,84)/t31-,32-,34?,40-,41+,42-,51-/m0/s1. The Labute approximate surface area is 488 Å². The molecule has 0 saturated carbocycles. The number of allylic oxidation sites excluding steroid dienone is 3. The zero-order chi connectivity index (χ0) is 63.5. The number of rotatable bonds is 32. The number of benzene rings is 2. The van der Waals surface area contributed by atoms with Crippen molar-refractivity contribution < 1.29 is 91.3 Å². The number of nitrogens with one attached hydrogen (secondary N) is 5. The number of aliphatic hydroxyl groups excluding tert-OH is 1. The summed E-state index contributed by atoms with van der Waals surface area (Å²) in [4.78, 5) is 173. The molecule has 85 heavy (non-hydrogen) atoms. The van der Waals surface area contributed by atoms with Crippen LogP contribution in [0.15, 0.2) is 66.3 Å². The fourth-order valence-electron chi connectivity index (χ4n) is 9.47. The number of imide groups is 1. The van der Waals surface area contributed by atoms with Gasteiger partial charge in [-0.25, -0.2) is 18.4 Å². The predicted octanol–water partition coefficient (Wildman–Crippen LogP) is 0.687. The maximum atomic E-state index is 15.4. The number of likely N-dealkylation sites (N-methyl/N-ethyl adjacent to an activating group) is 1. The number of nitrogens with two attached hydrogens (primary N) is 1. The van der Waals surface area contributed by atoms with E-state index in [0.717, 1.165) is 28.7 Å². The van der Waals surface area contributed by atoms with E-state index in [2.05, 4.69) is 26.6 Å². The zero-order valence-corrected chi connectivity index (χ0v) is 47.9. The molecule has 1 aliphatic carbocycles. The summed E-state index contributed by atoms with van der Waals surface area (Å²) in [6.07, 6.45) is -0.320. The number of carbonyl (C=O) groups is 13. The highest BCUT2D eigenvalue weighted by Crippen LogP contribution is 2.42. The van der Waals surface area contributed by atoms with E-state index < -0.39 is 188 Å². The summed E-state index contributed by atoms with van der Waals surface area (Å²) < 4.78 is 30.1. The smallest absolute Gasteiger partial charge is 0.333 e. The summed E-state index contributed by atoms with van der Waals surface area (Å²) in [6, 6.07) is 3.25. The predicted molar refractivity (Wildman–Crippen MR) is 295 cm³/mol. The Bertz CT molecular complexity index is 2920. The van der Waals surface area contributed by atoms with Crippen LogP contribution in [0, 0.1) is 23.0 Å². The minimum atomic E-state index is -1.85. The highest BCUT2D eigenvalue weighted by atomic mass is 19.1. The van der Waals surface area contributed by atoms with Gasteiger partial charge in [0, 0.05) is 70.1 Å². The molecular formula is C57H73F2N9O17. The number of carboxylic acid groups (broad SMARTS) is 2. The van der Waals surface area contributed by atoms with E-state index >= 15 is 4.39 Å². The molecule has 7 atom stereocenters.